The number of rotatable bonds is 4. The highest BCUT2D eigenvalue weighted by Gasteiger charge is 2.33. The lowest BCUT2D eigenvalue weighted by molar-refractivity contribution is -0.00901. The number of hydrogen-bond donors (Lipinski definition) is 1. The van der Waals surface area contributed by atoms with E-state index in [4.69, 9.17) is 4.74 Å². The van der Waals surface area contributed by atoms with E-state index < -0.39 is 0 Å². The molecule has 0 spiro atoms. The van der Waals surface area contributed by atoms with Crippen molar-refractivity contribution in [3.63, 3.8) is 0 Å². The third kappa shape index (κ3) is 4.69. The lowest BCUT2D eigenvalue weighted by Crippen LogP contribution is -2.58. The molecule has 2 fully saturated rings. The fourth-order valence-electron chi connectivity index (χ4n) is 4.82. The first-order valence-corrected chi connectivity index (χ1v) is 11.5. The van der Waals surface area contributed by atoms with Crippen LogP contribution in [0.25, 0.3) is 23.3 Å². The summed E-state index contributed by atoms with van der Waals surface area (Å²) in [6.07, 6.45) is 11.9. The average molecular weight is 456 g/mol. The maximum atomic E-state index is 14.3. The van der Waals surface area contributed by atoms with Crippen LogP contribution in [-0.4, -0.2) is 48.4 Å². The zero-order valence-corrected chi connectivity index (χ0v) is 19.0. The minimum absolute atomic E-state index is 0.103. The Morgan fingerprint density at radius 2 is 2.03 bits per heavy atom. The molecule has 0 amide bonds. The number of benzene rings is 1. The SMILES string of the molecule is Cc1cc(F)cc(-c2cncc(C=Cc3cncc(C#N)c3)c2N2CC[C@@H]3NCCO[C@H]3C2)c1. The van der Waals surface area contributed by atoms with E-state index in [9.17, 15) is 9.65 Å². The molecule has 172 valence electrons. The minimum atomic E-state index is -0.264. The number of pyridine rings is 2. The lowest BCUT2D eigenvalue weighted by Gasteiger charge is -2.43. The van der Waals surface area contributed by atoms with E-state index in [1.54, 1.807) is 24.5 Å². The Bertz CT molecular complexity index is 1250. The third-order valence-electron chi connectivity index (χ3n) is 6.36. The molecule has 0 aliphatic carbocycles. The Morgan fingerprint density at radius 1 is 1.15 bits per heavy atom. The highest BCUT2D eigenvalue weighted by molar-refractivity contribution is 5.87. The quantitative estimate of drug-likeness (QED) is 0.636. The van der Waals surface area contributed by atoms with E-state index in [0.29, 0.717) is 18.2 Å². The Hall–Kier alpha value is -3.60. The summed E-state index contributed by atoms with van der Waals surface area (Å²) in [6.45, 7) is 5.08. The number of hydrogen-bond acceptors (Lipinski definition) is 6. The third-order valence-corrected chi connectivity index (χ3v) is 6.36. The molecular formula is C27H26FN5O. The number of halogens is 1. The Balaban J connectivity index is 1.58. The molecule has 0 saturated carbocycles. The van der Waals surface area contributed by atoms with Gasteiger partial charge in [0.2, 0.25) is 0 Å². The van der Waals surface area contributed by atoms with Crippen LogP contribution >= 0.6 is 0 Å². The van der Waals surface area contributed by atoms with Crippen LogP contribution in [-0.2, 0) is 4.74 Å². The Morgan fingerprint density at radius 3 is 2.88 bits per heavy atom. The summed E-state index contributed by atoms with van der Waals surface area (Å²) in [4.78, 5) is 11.0. The molecule has 2 atom stereocenters. The van der Waals surface area contributed by atoms with Gasteiger partial charge in [-0.1, -0.05) is 18.2 Å². The second-order valence-corrected chi connectivity index (χ2v) is 8.80. The summed E-state index contributed by atoms with van der Waals surface area (Å²) in [7, 11) is 0. The van der Waals surface area contributed by atoms with Crippen molar-refractivity contribution in [3.8, 4) is 17.2 Å². The highest BCUT2D eigenvalue weighted by atomic mass is 19.1. The van der Waals surface area contributed by atoms with Crippen LogP contribution in [0.1, 0.15) is 28.7 Å². The predicted molar refractivity (Wildman–Crippen MR) is 131 cm³/mol. The summed E-state index contributed by atoms with van der Waals surface area (Å²) in [5.74, 6) is -0.264. The molecule has 34 heavy (non-hydrogen) atoms. The van der Waals surface area contributed by atoms with Crippen molar-refractivity contribution in [2.24, 2.45) is 0 Å². The van der Waals surface area contributed by atoms with Gasteiger partial charge >= 0.3 is 0 Å². The van der Waals surface area contributed by atoms with Crippen molar-refractivity contribution in [1.82, 2.24) is 15.3 Å². The maximum absolute atomic E-state index is 14.3. The van der Waals surface area contributed by atoms with E-state index in [1.165, 1.54) is 6.07 Å². The van der Waals surface area contributed by atoms with Gasteiger partial charge in [-0.05, 0) is 48.2 Å². The summed E-state index contributed by atoms with van der Waals surface area (Å²) in [5, 5.41) is 12.8. The van der Waals surface area contributed by atoms with Gasteiger partial charge in [-0.15, -0.1) is 0 Å². The second kappa shape index (κ2) is 9.72. The predicted octanol–water partition coefficient (Wildman–Crippen LogP) is 4.20. The van der Waals surface area contributed by atoms with Gasteiger partial charge in [0.25, 0.3) is 0 Å². The molecule has 1 aromatic carbocycles. The van der Waals surface area contributed by atoms with E-state index in [1.807, 2.05) is 37.5 Å². The molecule has 0 unspecified atom stereocenters. The number of aromatic nitrogens is 2. The van der Waals surface area contributed by atoms with Crippen molar-refractivity contribution < 1.29 is 9.13 Å². The molecule has 2 aromatic heterocycles. The van der Waals surface area contributed by atoms with Crippen LogP contribution in [0.2, 0.25) is 0 Å². The first-order valence-electron chi connectivity index (χ1n) is 11.5. The molecule has 1 N–H and O–H groups in total. The number of fused-ring (bicyclic) bond motifs is 1. The van der Waals surface area contributed by atoms with Crippen LogP contribution in [0.4, 0.5) is 10.1 Å². The van der Waals surface area contributed by atoms with Gasteiger partial charge in [0.1, 0.15) is 11.9 Å². The average Bonchev–Trinajstić information content (AvgIpc) is 2.86. The molecule has 7 heteroatoms. The monoisotopic (exact) mass is 455 g/mol. The van der Waals surface area contributed by atoms with Gasteiger partial charge < -0.3 is 15.0 Å². The van der Waals surface area contributed by atoms with Crippen LogP contribution < -0.4 is 10.2 Å². The second-order valence-electron chi connectivity index (χ2n) is 8.80. The molecular weight excluding hydrogens is 429 g/mol. The van der Waals surface area contributed by atoms with E-state index in [0.717, 1.165) is 59.6 Å². The number of nitrogens with zero attached hydrogens (tertiary/aromatic N) is 4. The Labute approximate surface area is 198 Å². The number of aryl methyl sites for hydroxylation is 1. The van der Waals surface area contributed by atoms with Crippen LogP contribution in [0.15, 0.2) is 49.1 Å². The zero-order valence-electron chi connectivity index (χ0n) is 19.0. The summed E-state index contributed by atoms with van der Waals surface area (Å²) < 4.78 is 20.4. The van der Waals surface area contributed by atoms with Crippen LogP contribution in [0.5, 0.6) is 0 Å². The van der Waals surface area contributed by atoms with Gasteiger partial charge in [-0.2, -0.15) is 5.26 Å². The number of ether oxygens (including phenoxy) is 1. The summed E-state index contributed by atoms with van der Waals surface area (Å²) >= 11 is 0. The molecule has 5 rings (SSSR count). The van der Waals surface area contributed by atoms with E-state index >= 15 is 0 Å². The van der Waals surface area contributed by atoms with Crippen molar-refractivity contribution in [1.29, 1.82) is 5.26 Å². The summed E-state index contributed by atoms with van der Waals surface area (Å²) in [6, 6.07) is 9.35. The number of nitriles is 1. The first-order chi connectivity index (χ1) is 16.6. The lowest BCUT2D eigenvalue weighted by atomic mass is 9.95. The maximum Gasteiger partial charge on any atom is 0.124 e. The molecule has 4 heterocycles. The molecule has 2 aliphatic heterocycles. The van der Waals surface area contributed by atoms with Crippen LogP contribution in [0.3, 0.4) is 0 Å². The number of morpholine rings is 1. The molecule has 6 nitrogen and oxygen atoms in total. The van der Waals surface area contributed by atoms with Crippen molar-refractivity contribution in [2.75, 3.05) is 31.1 Å². The highest BCUT2D eigenvalue weighted by Crippen LogP contribution is 2.37. The van der Waals surface area contributed by atoms with Crippen molar-refractivity contribution in [2.45, 2.75) is 25.5 Å². The number of anilines is 1. The number of nitrogens with one attached hydrogen (secondary N) is 1. The topological polar surface area (TPSA) is 74.1 Å². The fraction of sp³-hybridized carbons (Fsp3) is 0.296. The number of piperidine rings is 1. The Kier molecular flexibility index (Phi) is 6.35. The smallest absolute Gasteiger partial charge is 0.124 e. The largest absolute Gasteiger partial charge is 0.373 e. The standard InChI is InChI=1S/C27H26FN5O/c1-18-8-22(11-23(28)9-18)24-16-31-15-21(3-2-19-10-20(12-29)14-30-13-19)27(24)33-6-4-25-26(17-33)34-7-5-32-25/h2-3,8-11,13-16,25-26,32H,4-7,17H2,1H3/t25-,26-/m0/s1. The first kappa shape index (κ1) is 22.2. The van der Waals surface area contributed by atoms with Crippen molar-refractivity contribution >= 4 is 17.8 Å². The molecule has 0 bridgehead atoms. The molecule has 2 aliphatic rings. The van der Waals surface area contributed by atoms with Gasteiger partial charge in [0.05, 0.1) is 24.0 Å². The molecule has 2 saturated heterocycles. The van der Waals surface area contributed by atoms with Gasteiger partial charge in [-0.3, -0.25) is 9.97 Å². The van der Waals surface area contributed by atoms with E-state index in [2.05, 4.69) is 26.3 Å². The fourth-order valence-corrected chi connectivity index (χ4v) is 4.82. The van der Waals surface area contributed by atoms with Crippen molar-refractivity contribution in [3.05, 3.63) is 77.1 Å². The normalized spacial score (nSPS) is 20.2. The molecule has 3 aromatic rings. The van der Waals surface area contributed by atoms with Crippen LogP contribution in [0, 0.1) is 24.1 Å². The zero-order chi connectivity index (χ0) is 23.5. The van der Waals surface area contributed by atoms with Gasteiger partial charge in [-0.25, -0.2) is 4.39 Å². The van der Waals surface area contributed by atoms with E-state index in [-0.39, 0.29) is 11.9 Å². The molecule has 0 radical (unpaired) electrons. The van der Waals surface area contributed by atoms with Gasteiger partial charge in [0, 0.05) is 61.6 Å². The minimum Gasteiger partial charge on any atom is -0.373 e. The summed E-state index contributed by atoms with van der Waals surface area (Å²) in [5.41, 5.74) is 5.81. The van der Waals surface area contributed by atoms with Gasteiger partial charge in [0.15, 0.2) is 0 Å².